The number of benzene rings is 2. The second kappa shape index (κ2) is 5.97. The maximum atomic E-state index is 11.3. The highest BCUT2D eigenvalue weighted by atomic mass is 16.5. The number of rotatable bonds is 4. The van der Waals surface area contributed by atoms with Gasteiger partial charge in [0.25, 0.3) is 0 Å². The zero-order valence-corrected chi connectivity index (χ0v) is 12.2. The molecule has 3 N–H and O–H groups in total. The number of hydrogen-bond acceptors (Lipinski definition) is 4. The number of aromatic carboxylic acids is 1. The molecule has 2 aromatic carbocycles. The fourth-order valence-corrected chi connectivity index (χ4v) is 2.67. The van der Waals surface area contributed by atoms with Gasteiger partial charge < -0.3 is 20.5 Å². The van der Waals surface area contributed by atoms with E-state index >= 15 is 0 Å². The van der Waals surface area contributed by atoms with Crippen LogP contribution in [0.15, 0.2) is 42.5 Å². The second-order valence-corrected chi connectivity index (χ2v) is 5.33. The van der Waals surface area contributed by atoms with Crippen LogP contribution in [-0.2, 0) is 0 Å². The lowest BCUT2D eigenvalue weighted by molar-refractivity contribution is 0.0697. The van der Waals surface area contributed by atoms with E-state index in [1.165, 1.54) is 6.07 Å². The molecule has 0 atom stereocenters. The normalized spacial score (nSPS) is 14.1. The largest absolute Gasteiger partial charge is 0.478 e. The lowest BCUT2D eigenvalue weighted by Gasteiger charge is -2.23. The van der Waals surface area contributed by atoms with Crippen LogP contribution in [0, 0.1) is 0 Å². The molecular formula is C17H18N2O3. The number of hydrogen-bond donors (Lipinski definition) is 2. The number of carboxylic acids is 1. The highest BCUT2D eigenvalue weighted by Gasteiger charge is 2.21. The SMILES string of the molecule is Nc1cc(C(=O)O)cc(N2CCCC2)c1Oc1ccccc1. The van der Waals surface area contributed by atoms with E-state index in [9.17, 15) is 9.90 Å². The number of nitrogens with zero attached hydrogens (tertiary/aromatic N) is 1. The van der Waals surface area contributed by atoms with Crippen LogP contribution in [0.4, 0.5) is 11.4 Å². The first-order chi connectivity index (χ1) is 10.6. The van der Waals surface area contributed by atoms with Gasteiger partial charge in [0.15, 0.2) is 5.75 Å². The van der Waals surface area contributed by atoms with Crippen LogP contribution in [0.5, 0.6) is 11.5 Å². The van der Waals surface area contributed by atoms with Gasteiger partial charge in [-0.15, -0.1) is 0 Å². The summed E-state index contributed by atoms with van der Waals surface area (Å²) in [5, 5.41) is 9.24. The molecule has 22 heavy (non-hydrogen) atoms. The average molecular weight is 298 g/mol. The quantitative estimate of drug-likeness (QED) is 0.846. The van der Waals surface area contributed by atoms with Crippen LogP contribution < -0.4 is 15.4 Å². The minimum Gasteiger partial charge on any atom is -0.478 e. The molecule has 3 rings (SSSR count). The summed E-state index contributed by atoms with van der Waals surface area (Å²) in [6.45, 7) is 1.77. The summed E-state index contributed by atoms with van der Waals surface area (Å²) in [6.07, 6.45) is 2.17. The predicted molar refractivity (Wildman–Crippen MR) is 85.8 cm³/mol. The molecule has 5 nitrogen and oxygen atoms in total. The molecule has 114 valence electrons. The number of anilines is 2. The van der Waals surface area contributed by atoms with Gasteiger partial charge >= 0.3 is 5.97 Å². The van der Waals surface area contributed by atoms with E-state index in [-0.39, 0.29) is 5.56 Å². The zero-order chi connectivity index (χ0) is 15.5. The van der Waals surface area contributed by atoms with Crippen molar-refractivity contribution in [1.82, 2.24) is 0 Å². The van der Waals surface area contributed by atoms with Gasteiger partial charge in [0.1, 0.15) is 5.75 Å². The Morgan fingerprint density at radius 1 is 1.14 bits per heavy atom. The molecule has 0 saturated carbocycles. The van der Waals surface area contributed by atoms with Crippen molar-refractivity contribution in [3.05, 3.63) is 48.0 Å². The van der Waals surface area contributed by atoms with E-state index in [4.69, 9.17) is 10.5 Å². The summed E-state index contributed by atoms with van der Waals surface area (Å²) in [7, 11) is 0. The second-order valence-electron chi connectivity index (χ2n) is 5.33. The van der Waals surface area contributed by atoms with E-state index in [0.29, 0.717) is 17.2 Å². The van der Waals surface area contributed by atoms with Crippen LogP contribution in [-0.4, -0.2) is 24.2 Å². The minimum absolute atomic E-state index is 0.180. The first-order valence-electron chi connectivity index (χ1n) is 7.30. The Morgan fingerprint density at radius 2 is 1.82 bits per heavy atom. The van der Waals surface area contributed by atoms with Gasteiger partial charge in [-0.2, -0.15) is 0 Å². The molecule has 1 aliphatic heterocycles. The number of carboxylic acid groups (broad SMARTS) is 1. The summed E-state index contributed by atoms with van der Waals surface area (Å²) < 4.78 is 5.93. The molecule has 1 aliphatic rings. The third-order valence-electron chi connectivity index (χ3n) is 3.75. The molecule has 5 heteroatoms. The molecule has 1 heterocycles. The van der Waals surface area contributed by atoms with Crippen LogP contribution in [0.25, 0.3) is 0 Å². The van der Waals surface area contributed by atoms with Crippen molar-refractivity contribution < 1.29 is 14.6 Å². The van der Waals surface area contributed by atoms with Crippen LogP contribution in [0.2, 0.25) is 0 Å². The van der Waals surface area contributed by atoms with E-state index in [1.54, 1.807) is 6.07 Å². The minimum atomic E-state index is -0.988. The Hall–Kier alpha value is -2.69. The van der Waals surface area contributed by atoms with Crippen molar-refractivity contribution in [1.29, 1.82) is 0 Å². The summed E-state index contributed by atoms with van der Waals surface area (Å²) >= 11 is 0. The highest BCUT2D eigenvalue weighted by Crippen LogP contribution is 2.40. The molecule has 0 bridgehead atoms. The molecule has 1 saturated heterocycles. The molecule has 0 aliphatic carbocycles. The van der Waals surface area contributed by atoms with E-state index in [0.717, 1.165) is 31.6 Å². The fraction of sp³-hybridized carbons (Fsp3) is 0.235. The first kappa shape index (κ1) is 14.3. The molecule has 0 unspecified atom stereocenters. The van der Waals surface area contributed by atoms with Crippen LogP contribution in [0.3, 0.4) is 0 Å². The maximum Gasteiger partial charge on any atom is 0.335 e. The molecule has 0 spiro atoms. The van der Waals surface area contributed by atoms with Crippen LogP contribution >= 0.6 is 0 Å². The van der Waals surface area contributed by atoms with Crippen molar-refractivity contribution in [2.75, 3.05) is 23.7 Å². The fourth-order valence-electron chi connectivity index (χ4n) is 2.67. The monoisotopic (exact) mass is 298 g/mol. The van der Waals surface area contributed by atoms with Crippen molar-refractivity contribution in [2.45, 2.75) is 12.8 Å². The Kier molecular flexibility index (Phi) is 3.87. The van der Waals surface area contributed by atoms with Crippen molar-refractivity contribution in [3.8, 4) is 11.5 Å². The Labute approximate surface area is 128 Å². The third kappa shape index (κ3) is 2.83. The van der Waals surface area contributed by atoms with Gasteiger partial charge in [-0.25, -0.2) is 4.79 Å². The Balaban J connectivity index is 2.04. The van der Waals surface area contributed by atoms with E-state index < -0.39 is 5.97 Å². The third-order valence-corrected chi connectivity index (χ3v) is 3.75. The average Bonchev–Trinajstić information content (AvgIpc) is 3.04. The maximum absolute atomic E-state index is 11.3. The zero-order valence-electron chi connectivity index (χ0n) is 12.2. The molecule has 2 aromatic rings. The summed E-state index contributed by atoms with van der Waals surface area (Å²) in [4.78, 5) is 13.4. The number of nitrogen functional groups attached to an aromatic ring is 1. The van der Waals surface area contributed by atoms with Gasteiger partial charge in [-0.05, 0) is 37.1 Å². The number of nitrogens with two attached hydrogens (primary N) is 1. The van der Waals surface area contributed by atoms with Crippen molar-refractivity contribution >= 4 is 17.3 Å². The number of carbonyl (C=O) groups is 1. The summed E-state index contributed by atoms with van der Waals surface area (Å²) in [6, 6.07) is 12.4. The lowest BCUT2D eigenvalue weighted by Crippen LogP contribution is -2.19. The first-order valence-corrected chi connectivity index (χ1v) is 7.30. The molecule has 0 amide bonds. The Bertz CT molecular complexity index is 680. The molecule has 1 fully saturated rings. The van der Waals surface area contributed by atoms with Gasteiger partial charge in [0, 0.05) is 13.1 Å². The summed E-state index contributed by atoms with van der Waals surface area (Å²) in [5.74, 6) is 0.217. The summed E-state index contributed by atoms with van der Waals surface area (Å²) in [5.41, 5.74) is 7.33. The number of ether oxygens (including phenoxy) is 1. The standard InChI is InChI=1S/C17H18N2O3/c18-14-10-12(17(20)21)11-15(19-8-4-5-9-19)16(14)22-13-6-2-1-3-7-13/h1-3,6-7,10-11H,4-5,8-9,18H2,(H,20,21). The van der Waals surface area contributed by atoms with Crippen LogP contribution in [0.1, 0.15) is 23.2 Å². The van der Waals surface area contributed by atoms with E-state index in [2.05, 4.69) is 4.90 Å². The van der Waals surface area contributed by atoms with E-state index in [1.807, 2.05) is 30.3 Å². The predicted octanol–water partition coefficient (Wildman–Crippen LogP) is 3.36. The Morgan fingerprint density at radius 3 is 2.45 bits per heavy atom. The lowest BCUT2D eigenvalue weighted by atomic mass is 10.1. The van der Waals surface area contributed by atoms with Gasteiger partial charge in [0.05, 0.1) is 16.9 Å². The van der Waals surface area contributed by atoms with Gasteiger partial charge in [0.2, 0.25) is 0 Å². The van der Waals surface area contributed by atoms with Gasteiger partial charge in [-0.1, -0.05) is 18.2 Å². The molecule has 0 aromatic heterocycles. The van der Waals surface area contributed by atoms with Crippen molar-refractivity contribution in [3.63, 3.8) is 0 Å². The van der Waals surface area contributed by atoms with Gasteiger partial charge in [-0.3, -0.25) is 0 Å². The van der Waals surface area contributed by atoms with Crippen molar-refractivity contribution in [2.24, 2.45) is 0 Å². The molecular weight excluding hydrogens is 280 g/mol. The highest BCUT2D eigenvalue weighted by molar-refractivity contribution is 5.92. The topological polar surface area (TPSA) is 75.8 Å². The number of para-hydroxylation sites is 1. The molecule has 0 radical (unpaired) electrons. The smallest absolute Gasteiger partial charge is 0.335 e.